The third-order valence-corrected chi connectivity index (χ3v) is 5.13. The Balaban J connectivity index is 2.00. The van der Waals surface area contributed by atoms with Gasteiger partial charge in [0.15, 0.2) is 0 Å². The van der Waals surface area contributed by atoms with E-state index in [2.05, 4.69) is 36.6 Å². The topological polar surface area (TPSA) is 24.9 Å². The molecule has 0 aromatic carbocycles. The molecule has 0 aliphatic heterocycles. The Morgan fingerprint density at radius 2 is 2.29 bits per heavy atom. The van der Waals surface area contributed by atoms with Crippen molar-refractivity contribution < 1.29 is 0 Å². The molecule has 3 heteroatoms. The van der Waals surface area contributed by atoms with Crippen LogP contribution < -0.4 is 5.32 Å². The molecule has 3 unspecified atom stereocenters. The van der Waals surface area contributed by atoms with Crippen molar-refractivity contribution in [1.29, 1.82) is 0 Å². The van der Waals surface area contributed by atoms with E-state index in [-0.39, 0.29) is 0 Å². The van der Waals surface area contributed by atoms with Gasteiger partial charge in [0.25, 0.3) is 0 Å². The van der Waals surface area contributed by atoms with Crippen LogP contribution in [0.3, 0.4) is 0 Å². The maximum Gasteiger partial charge on any atom is 0.0931 e. The maximum atomic E-state index is 4.62. The number of nitrogens with one attached hydrogen (secondary N) is 1. The molecule has 0 spiro atoms. The summed E-state index contributed by atoms with van der Waals surface area (Å²) in [5.41, 5.74) is 1.17. The van der Waals surface area contributed by atoms with Crippen molar-refractivity contribution >= 4 is 11.3 Å². The summed E-state index contributed by atoms with van der Waals surface area (Å²) in [4.78, 5) is 4.62. The van der Waals surface area contributed by atoms with Gasteiger partial charge in [-0.25, -0.2) is 4.98 Å². The number of hydrogen-bond donors (Lipinski definition) is 1. The maximum absolute atomic E-state index is 4.62. The molecule has 17 heavy (non-hydrogen) atoms. The van der Waals surface area contributed by atoms with E-state index in [1.54, 1.807) is 0 Å². The molecule has 1 aromatic heterocycles. The van der Waals surface area contributed by atoms with Gasteiger partial charge in [-0.3, -0.25) is 0 Å². The van der Waals surface area contributed by atoms with Crippen LogP contribution in [0.2, 0.25) is 0 Å². The summed E-state index contributed by atoms with van der Waals surface area (Å²) in [6.07, 6.45) is 6.62. The molecule has 0 saturated heterocycles. The van der Waals surface area contributed by atoms with Crippen molar-refractivity contribution in [3.8, 4) is 0 Å². The standard InChI is InChI=1S/C14H24N2S/c1-4-11-5-6-13(15-3)12(7-11)8-14-16-10(2)9-17-14/h9,11-13,15H,4-8H2,1-3H3. The largest absolute Gasteiger partial charge is 0.317 e. The molecule has 2 nitrogen and oxygen atoms in total. The van der Waals surface area contributed by atoms with Crippen LogP contribution in [-0.4, -0.2) is 18.1 Å². The minimum atomic E-state index is 0.696. The van der Waals surface area contributed by atoms with Crippen LogP contribution in [0, 0.1) is 18.8 Å². The van der Waals surface area contributed by atoms with Crippen LogP contribution in [0.5, 0.6) is 0 Å². The van der Waals surface area contributed by atoms with E-state index >= 15 is 0 Å². The van der Waals surface area contributed by atoms with Gasteiger partial charge in [0.1, 0.15) is 0 Å². The molecule has 0 amide bonds. The van der Waals surface area contributed by atoms with Gasteiger partial charge in [0.2, 0.25) is 0 Å². The van der Waals surface area contributed by atoms with Crippen molar-refractivity contribution in [2.75, 3.05) is 7.05 Å². The highest BCUT2D eigenvalue weighted by molar-refractivity contribution is 7.09. The first-order chi connectivity index (χ1) is 8.22. The summed E-state index contributed by atoms with van der Waals surface area (Å²) in [6.45, 7) is 4.42. The molecular formula is C14H24N2S. The second-order valence-electron chi connectivity index (χ2n) is 5.33. The zero-order valence-corrected chi connectivity index (χ0v) is 12.0. The predicted octanol–water partition coefficient (Wildman–Crippen LogP) is 3.41. The smallest absolute Gasteiger partial charge is 0.0931 e. The lowest BCUT2D eigenvalue weighted by atomic mass is 9.75. The van der Waals surface area contributed by atoms with Crippen molar-refractivity contribution in [2.45, 2.75) is 52.0 Å². The number of aromatic nitrogens is 1. The van der Waals surface area contributed by atoms with Crippen LogP contribution >= 0.6 is 11.3 Å². The van der Waals surface area contributed by atoms with E-state index in [9.17, 15) is 0 Å². The van der Waals surface area contributed by atoms with Crippen molar-refractivity contribution in [2.24, 2.45) is 11.8 Å². The minimum absolute atomic E-state index is 0.696. The summed E-state index contributed by atoms with van der Waals surface area (Å²) in [7, 11) is 2.11. The SMILES string of the molecule is CCC1CCC(NC)C(Cc2nc(C)cs2)C1. The monoisotopic (exact) mass is 252 g/mol. The van der Waals surface area contributed by atoms with E-state index in [4.69, 9.17) is 0 Å². The quantitative estimate of drug-likeness (QED) is 0.888. The Morgan fingerprint density at radius 3 is 2.88 bits per heavy atom. The van der Waals surface area contributed by atoms with Gasteiger partial charge in [0.05, 0.1) is 5.01 Å². The zero-order valence-electron chi connectivity index (χ0n) is 11.2. The Bertz CT molecular complexity index is 348. The highest BCUT2D eigenvalue weighted by Gasteiger charge is 2.29. The summed E-state index contributed by atoms with van der Waals surface area (Å²) < 4.78 is 0. The molecule has 2 rings (SSSR count). The van der Waals surface area contributed by atoms with Gasteiger partial charge in [-0.2, -0.15) is 0 Å². The third-order valence-electron chi connectivity index (χ3n) is 4.14. The summed E-state index contributed by atoms with van der Waals surface area (Å²) in [5, 5.41) is 7.00. The molecule has 1 N–H and O–H groups in total. The third kappa shape index (κ3) is 3.29. The molecule has 1 saturated carbocycles. The Labute approximate surface area is 109 Å². The van der Waals surface area contributed by atoms with E-state index < -0.39 is 0 Å². The van der Waals surface area contributed by atoms with Gasteiger partial charge in [-0.1, -0.05) is 13.3 Å². The molecular weight excluding hydrogens is 228 g/mol. The second kappa shape index (κ2) is 5.96. The molecule has 0 radical (unpaired) electrons. The first-order valence-electron chi connectivity index (χ1n) is 6.81. The summed E-state index contributed by atoms with van der Waals surface area (Å²) >= 11 is 1.83. The average molecular weight is 252 g/mol. The van der Waals surface area contributed by atoms with Crippen LogP contribution in [0.1, 0.15) is 43.3 Å². The number of hydrogen-bond acceptors (Lipinski definition) is 3. The highest BCUT2D eigenvalue weighted by Crippen LogP contribution is 2.33. The number of aryl methyl sites for hydroxylation is 1. The molecule has 0 bridgehead atoms. The molecule has 1 fully saturated rings. The van der Waals surface area contributed by atoms with E-state index in [0.29, 0.717) is 6.04 Å². The zero-order chi connectivity index (χ0) is 12.3. The van der Waals surface area contributed by atoms with Gasteiger partial charge in [0, 0.05) is 23.5 Å². The van der Waals surface area contributed by atoms with Gasteiger partial charge in [-0.15, -0.1) is 11.3 Å². The predicted molar refractivity (Wildman–Crippen MR) is 74.5 cm³/mol. The van der Waals surface area contributed by atoms with Crippen molar-refractivity contribution in [3.05, 3.63) is 16.1 Å². The van der Waals surface area contributed by atoms with E-state index in [1.165, 1.54) is 42.8 Å². The Morgan fingerprint density at radius 1 is 1.47 bits per heavy atom. The van der Waals surface area contributed by atoms with Crippen LogP contribution in [0.25, 0.3) is 0 Å². The normalized spacial score (nSPS) is 29.5. The Hall–Kier alpha value is -0.410. The Kier molecular flexibility index (Phi) is 4.57. The first kappa shape index (κ1) is 13.0. The number of thiazole rings is 1. The summed E-state index contributed by atoms with van der Waals surface area (Å²) in [5.74, 6) is 1.72. The fraction of sp³-hybridized carbons (Fsp3) is 0.786. The number of nitrogens with zero attached hydrogens (tertiary/aromatic N) is 1. The van der Waals surface area contributed by atoms with Crippen molar-refractivity contribution in [1.82, 2.24) is 10.3 Å². The second-order valence-corrected chi connectivity index (χ2v) is 6.27. The van der Waals surface area contributed by atoms with Crippen molar-refractivity contribution in [3.63, 3.8) is 0 Å². The van der Waals surface area contributed by atoms with Gasteiger partial charge >= 0.3 is 0 Å². The molecule has 1 aliphatic rings. The molecule has 1 aromatic rings. The van der Waals surface area contributed by atoms with E-state index in [0.717, 1.165) is 11.8 Å². The lowest BCUT2D eigenvalue weighted by Gasteiger charge is -2.35. The fourth-order valence-electron chi connectivity index (χ4n) is 3.06. The lowest BCUT2D eigenvalue weighted by molar-refractivity contribution is 0.205. The van der Waals surface area contributed by atoms with Gasteiger partial charge in [-0.05, 0) is 45.1 Å². The van der Waals surface area contributed by atoms with Crippen LogP contribution in [0.15, 0.2) is 5.38 Å². The minimum Gasteiger partial charge on any atom is -0.317 e. The summed E-state index contributed by atoms with van der Waals surface area (Å²) in [6, 6.07) is 0.696. The lowest BCUT2D eigenvalue weighted by Crippen LogP contribution is -2.39. The van der Waals surface area contributed by atoms with E-state index in [1.807, 2.05) is 11.3 Å². The number of rotatable bonds is 4. The fourth-order valence-corrected chi connectivity index (χ4v) is 3.92. The van der Waals surface area contributed by atoms with Crippen LogP contribution in [0.4, 0.5) is 0 Å². The first-order valence-corrected chi connectivity index (χ1v) is 7.69. The highest BCUT2D eigenvalue weighted by atomic mass is 32.1. The molecule has 1 heterocycles. The van der Waals surface area contributed by atoms with Gasteiger partial charge < -0.3 is 5.32 Å². The van der Waals surface area contributed by atoms with Crippen LogP contribution in [-0.2, 0) is 6.42 Å². The average Bonchev–Trinajstić information content (AvgIpc) is 2.74. The molecule has 96 valence electrons. The molecule has 3 atom stereocenters. The molecule has 1 aliphatic carbocycles.